The second kappa shape index (κ2) is 1.84. The highest BCUT2D eigenvalue weighted by Crippen LogP contribution is 1.51. The summed E-state index contributed by atoms with van der Waals surface area (Å²) in [5.41, 5.74) is 1.02. The Kier molecular flexibility index (Phi) is 1.68. The lowest BCUT2D eigenvalue weighted by atomic mass is 11.3. The van der Waals surface area contributed by atoms with Crippen LogP contribution in [0.25, 0.3) is 0 Å². The summed E-state index contributed by atoms with van der Waals surface area (Å²) in [6, 6.07) is 0. The fourth-order valence-corrected chi connectivity index (χ4v) is 0. The Morgan fingerprint density at radius 1 is 2.00 bits per heavy atom. The Balaban J connectivity index is 3.20. The van der Waals surface area contributed by atoms with Crippen LogP contribution in [0.2, 0.25) is 0 Å². The van der Waals surface area contributed by atoms with E-state index in [1.165, 1.54) is 0 Å². The molecule has 0 aromatic rings. The van der Waals surface area contributed by atoms with Gasteiger partial charge in [-0.2, -0.15) is 0 Å². The molecule has 0 aliphatic carbocycles. The first-order valence-corrected chi connectivity index (χ1v) is 2.56. The van der Waals surface area contributed by atoms with Crippen LogP contribution in [0.3, 0.4) is 0 Å². The zero-order valence-electron chi connectivity index (χ0n) is 2.64. The maximum atomic E-state index is 9.44. The van der Waals surface area contributed by atoms with E-state index in [0.717, 1.165) is 5.70 Å². The zero-order chi connectivity index (χ0) is 4.28. The lowest BCUT2D eigenvalue weighted by molar-refractivity contribution is 0.461. The van der Waals surface area contributed by atoms with E-state index in [1.54, 1.807) is 0 Å². The average molecular weight is 88.1 g/mol. The van der Waals surface area contributed by atoms with Crippen LogP contribution in [0.1, 0.15) is 0 Å². The van der Waals surface area contributed by atoms with Crippen molar-refractivity contribution in [3.63, 3.8) is 0 Å². The molecular formula is C2H4O2Si. The van der Waals surface area contributed by atoms with Gasteiger partial charge < -0.3 is 9.26 Å². The van der Waals surface area contributed by atoms with Crippen molar-refractivity contribution in [2.75, 3.05) is 0 Å². The van der Waals surface area contributed by atoms with Crippen LogP contribution in [0, 0.1) is 0 Å². The second-order valence-electron chi connectivity index (χ2n) is 0.542. The van der Waals surface area contributed by atoms with Gasteiger partial charge in [-0.15, -0.1) is 0 Å². The summed E-state index contributed by atoms with van der Waals surface area (Å²) in [7, 11) is -2.36. The molecule has 28 valence electrons. The summed E-state index contributed by atoms with van der Waals surface area (Å²) in [5, 5.41) is 0. The van der Waals surface area contributed by atoms with Gasteiger partial charge in [0, 0.05) is 0 Å². The Bertz CT molecular complexity index is 58.7. The summed E-state index contributed by atoms with van der Waals surface area (Å²) in [5.74, 6) is 0. The van der Waals surface area contributed by atoms with Gasteiger partial charge in [-0.05, 0) is 5.70 Å². The number of hydrogen-bond acceptors (Lipinski definition) is 1. The first kappa shape index (κ1) is 4.56. The highest BCUT2D eigenvalue weighted by Gasteiger charge is 1.82. The van der Waals surface area contributed by atoms with Crippen molar-refractivity contribution in [2.45, 2.75) is 0 Å². The zero-order valence-corrected chi connectivity index (χ0v) is 3.64. The molecule has 5 heavy (non-hydrogen) atoms. The third kappa shape index (κ3) is 3.56. The molecular weight excluding hydrogens is 84.1 g/mol. The van der Waals surface area contributed by atoms with Crippen molar-refractivity contribution in [3.05, 3.63) is 12.3 Å². The Morgan fingerprint density at radius 3 is 2.20 bits per heavy atom. The van der Waals surface area contributed by atoms with Crippen LogP contribution >= 0.6 is 0 Å². The topological polar surface area (TPSA) is 37.3 Å². The lowest BCUT2D eigenvalue weighted by Crippen LogP contribution is -1.86. The normalized spacial score (nSPS) is 6.40. The molecule has 3 heteroatoms. The van der Waals surface area contributed by atoms with Crippen molar-refractivity contribution >= 4 is 8.93 Å². The van der Waals surface area contributed by atoms with Crippen LogP contribution in [0.4, 0.5) is 0 Å². The molecule has 0 rings (SSSR count). The van der Waals surface area contributed by atoms with Crippen LogP contribution in [-0.2, 0) is 4.46 Å². The van der Waals surface area contributed by atoms with Crippen molar-refractivity contribution in [1.82, 2.24) is 0 Å². The molecule has 0 spiro atoms. The van der Waals surface area contributed by atoms with Gasteiger partial charge in [-0.25, -0.2) is 0 Å². The second-order valence-corrected chi connectivity index (χ2v) is 1.63. The van der Waals surface area contributed by atoms with Crippen LogP contribution < -0.4 is 0 Å². The third-order valence-corrected chi connectivity index (χ3v) is 0.524. The van der Waals surface area contributed by atoms with E-state index in [0.29, 0.717) is 0 Å². The van der Waals surface area contributed by atoms with Crippen LogP contribution in [0.15, 0.2) is 12.3 Å². The maximum Gasteiger partial charge on any atom is 0.529 e. The maximum absolute atomic E-state index is 9.44. The highest BCUT2D eigenvalue weighted by molar-refractivity contribution is 6.39. The Hall–Kier alpha value is -0.443. The summed E-state index contributed by atoms with van der Waals surface area (Å²) in [6.07, 6.45) is 0. The monoisotopic (exact) mass is 88.0 g/mol. The highest BCUT2D eigenvalue weighted by atomic mass is 28.3. The molecule has 0 atom stereocenters. The summed E-state index contributed by atoms with van der Waals surface area (Å²) < 4.78 is 9.44. The van der Waals surface area contributed by atoms with E-state index in [-0.39, 0.29) is 0 Å². The van der Waals surface area contributed by atoms with Gasteiger partial charge in [0.1, 0.15) is 0 Å². The van der Waals surface area contributed by atoms with Crippen molar-refractivity contribution in [2.24, 2.45) is 0 Å². The first-order chi connectivity index (χ1) is 2.27. The minimum absolute atomic E-state index is 1.02. The fraction of sp³-hybridized carbons (Fsp3) is 0. The van der Waals surface area contributed by atoms with Crippen molar-refractivity contribution in [3.8, 4) is 0 Å². The summed E-state index contributed by atoms with van der Waals surface area (Å²) >= 11 is 0. The molecule has 0 fully saturated rings. The molecule has 0 saturated heterocycles. The minimum Gasteiger partial charge on any atom is -0.537 e. The van der Waals surface area contributed by atoms with E-state index >= 15 is 0 Å². The molecule has 0 aliphatic rings. The van der Waals surface area contributed by atoms with E-state index in [1.807, 2.05) is 0 Å². The Morgan fingerprint density at radius 2 is 2.20 bits per heavy atom. The van der Waals surface area contributed by atoms with Crippen molar-refractivity contribution < 1.29 is 9.26 Å². The third-order valence-electron chi connectivity index (χ3n) is 0.175. The first-order valence-electron chi connectivity index (χ1n) is 1.12. The molecule has 2 nitrogen and oxygen atoms in total. The number of rotatable bonds is 1. The molecule has 0 radical (unpaired) electrons. The van der Waals surface area contributed by atoms with Gasteiger partial charge in [-0.1, -0.05) is 6.58 Å². The molecule has 1 N–H and O–H groups in total. The molecule has 0 aromatic heterocycles. The van der Waals surface area contributed by atoms with Gasteiger partial charge in [0.05, 0.1) is 0 Å². The number of hydrogen-bond donors (Lipinski definition) is 1. The largest absolute Gasteiger partial charge is 0.537 e. The quantitative estimate of drug-likeness (QED) is 0.444. The van der Waals surface area contributed by atoms with Gasteiger partial charge in [0.2, 0.25) is 0 Å². The molecule has 0 aromatic carbocycles. The lowest BCUT2D eigenvalue weighted by Gasteiger charge is -1.60. The van der Waals surface area contributed by atoms with E-state index in [9.17, 15) is 4.46 Å². The SMILES string of the molecule is C=C[Si](=O)O. The predicted molar refractivity (Wildman–Crippen MR) is 18.9 cm³/mol. The summed E-state index contributed by atoms with van der Waals surface area (Å²) in [4.78, 5) is 7.79. The molecule has 0 amide bonds. The van der Waals surface area contributed by atoms with E-state index < -0.39 is 8.93 Å². The molecule has 0 heterocycles. The predicted octanol–water partition coefficient (Wildman–Crippen LogP) is -0.377. The molecule has 0 saturated carbocycles. The van der Waals surface area contributed by atoms with Gasteiger partial charge >= 0.3 is 8.93 Å². The van der Waals surface area contributed by atoms with Gasteiger partial charge in [0.25, 0.3) is 0 Å². The summed E-state index contributed by atoms with van der Waals surface area (Å²) in [6.45, 7) is 3.04. The molecule has 0 aliphatic heterocycles. The van der Waals surface area contributed by atoms with Gasteiger partial charge in [-0.3, -0.25) is 0 Å². The molecule has 0 unspecified atom stereocenters. The smallest absolute Gasteiger partial charge is 0.529 e. The van der Waals surface area contributed by atoms with Crippen LogP contribution in [0.5, 0.6) is 0 Å². The van der Waals surface area contributed by atoms with Crippen LogP contribution in [-0.4, -0.2) is 13.7 Å². The fourth-order valence-electron chi connectivity index (χ4n) is 0. The van der Waals surface area contributed by atoms with E-state index in [4.69, 9.17) is 4.80 Å². The molecule has 0 bridgehead atoms. The average Bonchev–Trinajstić information content (AvgIpc) is 1.38. The van der Waals surface area contributed by atoms with Gasteiger partial charge in [0.15, 0.2) is 0 Å². The van der Waals surface area contributed by atoms with Crippen molar-refractivity contribution in [1.29, 1.82) is 0 Å². The van der Waals surface area contributed by atoms with E-state index in [2.05, 4.69) is 6.58 Å². The Labute approximate surface area is 31.5 Å². The standard InChI is InChI=1S/C2H4O2Si/c1-2-5(3)4/h2-3H,1H2. The minimum atomic E-state index is -2.36.